The van der Waals surface area contributed by atoms with E-state index < -0.39 is 17.5 Å². The van der Waals surface area contributed by atoms with Crippen LogP contribution in [0.2, 0.25) is 0 Å². The number of amides is 2. The molecule has 3 rings (SSSR count). The summed E-state index contributed by atoms with van der Waals surface area (Å²) in [5, 5.41) is 2.53. The number of pyridine rings is 1. The molecule has 0 aliphatic carbocycles. The molecule has 1 heterocycles. The van der Waals surface area contributed by atoms with Crippen LogP contribution in [0.5, 0.6) is 0 Å². The summed E-state index contributed by atoms with van der Waals surface area (Å²) < 4.78 is 26.8. The molecule has 0 atom stereocenters. The highest BCUT2D eigenvalue weighted by Crippen LogP contribution is 2.13. The van der Waals surface area contributed by atoms with E-state index in [9.17, 15) is 18.4 Å². The number of hydrogen-bond acceptors (Lipinski definition) is 3. The van der Waals surface area contributed by atoms with E-state index in [1.807, 2.05) is 36.4 Å². The topological polar surface area (TPSA) is 62.3 Å². The Morgan fingerprint density at radius 2 is 1.69 bits per heavy atom. The lowest BCUT2D eigenvalue weighted by Crippen LogP contribution is -2.34. The minimum atomic E-state index is -0.942. The molecular weight excluding hydrogens is 412 g/mol. The van der Waals surface area contributed by atoms with Crippen LogP contribution in [0.15, 0.2) is 67.0 Å². The number of nitrogens with zero attached hydrogens (tertiary/aromatic N) is 2. The Kier molecular flexibility index (Phi) is 8.02. The van der Waals surface area contributed by atoms with Crippen molar-refractivity contribution in [1.29, 1.82) is 0 Å². The van der Waals surface area contributed by atoms with Crippen LogP contribution < -0.4 is 5.32 Å². The van der Waals surface area contributed by atoms with Crippen molar-refractivity contribution in [2.45, 2.75) is 32.9 Å². The maximum absolute atomic E-state index is 13.8. The van der Waals surface area contributed by atoms with Crippen molar-refractivity contribution in [1.82, 2.24) is 15.2 Å². The predicted octanol–water partition coefficient (Wildman–Crippen LogP) is 4.27. The number of benzene rings is 2. The van der Waals surface area contributed by atoms with Crippen LogP contribution in [0.4, 0.5) is 8.78 Å². The Labute approximate surface area is 186 Å². The molecule has 0 spiro atoms. The number of carbonyl (C=O) groups is 2. The average molecular weight is 437 g/mol. The third-order valence-electron chi connectivity index (χ3n) is 5.05. The highest BCUT2D eigenvalue weighted by Gasteiger charge is 2.17. The van der Waals surface area contributed by atoms with Crippen LogP contribution >= 0.6 is 0 Å². The van der Waals surface area contributed by atoms with Crippen LogP contribution in [0.3, 0.4) is 0 Å². The molecule has 0 radical (unpaired) electrons. The minimum Gasteiger partial charge on any atom is -0.351 e. The molecule has 0 fully saturated rings. The molecule has 0 aliphatic heterocycles. The first-order chi connectivity index (χ1) is 15.5. The molecule has 0 saturated carbocycles. The standard InChI is InChI=1S/C25H25F2N3O2/c1-2-18-5-7-19(8-6-18)16-30(17-20-4-3-12-28-15-20)24(31)11-13-29-25(32)22-10-9-21(26)14-23(22)27/h3-10,12,14-15H,2,11,13,16-17H2,1H3,(H,29,32). The molecule has 32 heavy (non-hydrogen) atoms. The number of aromatic nitrogens is 1. The van der Waals surface area contributed by atoms with Crippen molar-refractivity contribution in [3.8, 4) is 0 Å². The summed E-state index contributed by atoms with van der Waals surface area (Å²) in [6.07, 6.45) is 4.36. The molecule has 5 nitrogen and oxygen atoms in total. The van der Waals surface area contributed by atoms with Gasteiger partial charge in [0.25, 0.3) is 5.91 Å². The lowest BCUT2D eigenvalue weighted by molar-refractivity contribution is -0.132. The molecule has 1 aromatic heterocycles. The molecule has 0 unspecified atom stereocenters. The normalized spacial score (nSPS) is 10.6. The number of hydrogen-bond donors (Lipinski definition) is 1. The number of nitrogens with one attached hydrogen (secondary N) is 1. The molecule has 2 aromatic carbocycles. The monoisotopic (exact) mass is 437 g/mol. The Balaban J connectivity index is 1.63. The average Bonchev–Trinajstić information content (AvgIpc) is 2.79. The zero-order chi connectivity index (χ0) is 22.9. The highest BCUT2D eigenvalue weighted by molar-refractivity contribution is 5.94. The summed E-state index contributed by atoms with van der Waals surface area (Å²) >= 11 is 0. The molecule has 166 valence electrons. The quantitative estimate of drug-likeness (QED) is 0.544. The summed E-state index contributed by atoms with van der Waals surface area (Å²) in [4.78, 5) is 30.9. The summed E-state index contributed by atoms with van der Waals surface area (Å²) in [5.41, 5.74) is 2.84. The van der Waals surface area contributed by atoms with Gasteiger partial charge in [0, 0.05) is 44.5 Å². The second-order valence-corrected chi connectivity index (χ2v) is 7.41. The van der Waals surface area contributed by atoms with Gasteiger partial charge in [-0.2, -0.15) is 0 Å². The van der Waals surface area contributed by atoms with E-state index in [-0.39, 0.29) is 24.4 Å². The summed E-state index contributed by atoms with van der Waals surface area (Å²) in [6, 6.07) is 14.5. The van der Waals surface area contributed by atoms with Gasteiger partial charge in [0.15, 0.2) is 0 Å². The molecule has 0 aliphatic rings. The number of aryl methyl sites for hydroxylation is 1. The van der Waals surface area contributed by atoms with E-state index in [2.05, 4.69) is 17.2 Å². The number of halogens is 2. The van der Waals surface area contributed by atoms with Crippen molar-refractivity contribution < 1.29 is 18.4 Å². The lowest BCUT2D eigenvalue weighted by Gasteiger charge is -2.23. The van der Waals surface area contributed by atoms with Gasteiger partial charge in [-0.15, -0.1) is 0 Å². The second kappa shape index (κ2) is 11.1. The maximum atomic E-state index is 13.8. The Morgan fingerprint density at radius 1 is 0.969 bits per heavy atom. The summed E-state index contributed by atoms with van der Waals surface area (Å²) in [5.74, 6) is -2.55. The van der Waals surface area contributed by atoms with Gasteiger partial charge in [-0.25, -0.2) is 8.78 Å². The van der Waals surface area contributed by atoms with Crippen molar-refractivity contribution in [2.75, 3.05) is 6.54 Å². The van der Waals surface area contributed by atoms with E-state index in [0.29, 0.717) is 19.2 Å². The molecule has 2 amide bonds. The smallest absolute Gasteiger partial charge is 0.254 e. The van der Waals surface area contributed by atoms with Gasteiger partial charge in [-0.05, 0) is 41.3 Å². The first-order valence-electron chi connectivity index (χ1n) is 10.4. The molecule has 1 N–H and O–H groups in total. The zero-order valence-corrected chi connectivity index (χ0v) is 17.9. The highest BCUT2D eigenvalue weighted by atomic mass is 19.1. The first kappa shape index (κ1) is 23.1. The van der Waals surface area contributed by atoms with Crippen molar-refractivity contribution in [3.63, 3.8) is 0 Å². The maximum Gasteiger partial charge on any atom is 0.254 e. The van der Waals surface area contributed by atoms with Crippen LogP contribution in [-0.2, 0) is 24.3 Å². The summed E-state index contributed by atoms with van der Waals surface area (Å²) in [6.45, 7) is 2.91. The molecule has 0 bridgehead atoms. The van der Waals surface area contributed by atoms with Gasteiger partial charge in [-0.3, -0.25) is 14.6 Å². The number of carbonyl (C=O) groups excluding carboxylic acids is 2. The number of rotatable bonds is 9. The fraction of sp³-hybridized carbons (Fsp3) is 0.240. The van der Waals surface area contributed by atoms with Gasteiger partial charge in [0.05, 0.1) is 5.56 Å². The predicted molar refractivity (Wildman–Crippen MR) is 118 cm³/mol. The van der Waals surface area contributed by atoms with Gasteiger partial charge >= 0.3 is 0 Å². The van der Waals surface area contributed by atoms with Crippen LogP contribution in [0.1, 0.15) is 40.4 Å². The molecule has 7 heteroatoms. The van der Waals surface area contributed by atoms with Crippen molar-refractivity contribution in [3.05, 3.63) is 101 Å². The van der Waals surface area contributed by atoms with Gasteiger partial charge < -0.3 is 10.2 Å². The Hall–Kier alpha value is -3.61. The fourth-order valence-corrected chi connectivity index (χ4v) is 3.25. The lowest BCUT2D eigenvalue weighted by atomic mass is 10.1. The van der Waals surface area contributed by atoms with Crippen molar-refractivity contribution >= 4 is 11.8 Å². The van der Waals surface area contributed by atoms with E-state index in [1.54, 1.807) is 17.3 Å². The van der Waals surface area contributed by atoms with E-state index in [0.717, 1.165) is 29.7 Å². The SMILES string of the molecule is CCc1ccc(CN(Cc2cccnc2)C(=O)CCNC(=O)c2ccc(F)cc2F)cc1. The second-order valence-electron chi connectivity index (χ2n) is 7.41. The molecule has 0 saturated heterocycles. The van der Waals surface area contributed by atoms with Gasteiger partial charge in [0.2, 0.25) is 5.91 Å². The van der Waals surface area contributed by atoms with Crippen LogP contribution in [0.25, 0.3) is 0 Å². The zero-order valence-electron chi connectivity index (χ0n) is 17.9. The summed E-state index contributed by atoms with van der Waals surface area (Å²) in [7, 11) is 0. The Morgan fingerprint density at radius 3 is 2.34 bits per heavy atom. The third kappa shape index (κ3) is 6.44. The molecular formula is C25H25F2N3O2. The van der Waals surface area contributed by atoms with Crippen LogP contribution in [-0.4, -0.2) is 28.2 Å². The first-order valence-corrected chi connectivity index (χ1v) is 10.4. The van der Waals surface area contributed by atoms with E-state index in [1.165, 1.54) is 5.56 Å². The van der Waals surface area contributed by atoms with E-state index in [4.69, 9.17) is 0 Å². The minimum absolute atomic E-state index is 0.0345. The van der Waals surface area contributed by atoms with Crippen molar-refractivity contribution in [2.24, 2.45) is 0 Å². The van der Waals surface area contributed by atoms with E-state index >= 15 is 0 Å². The third-order valence-corrected chi connectivity index (χ3v) is 5.05. The van der Waals surface area contributed by atoms with Crippen LogP contribution in [0, 0.1) is 11.6 Å². The van der Waals surface area contributed by atoms with Gasteiger partial charge in [-0.1, -0.05) is 37.3 Å². The van der Waals surface area contributed by atoms with Gasteiger partial charge in [0.1, 0.15) is 11.6 Å². The Bertz CT molecular complexity index is 1060. The molecule has 3 aromatic rings. The fourth-order valence-electron chi connectivity index (χ4n) is 3.25. The largest absolute Gasteiger partial charge is 0.351 e.